The lowest BCUT2D eigenvalue weighted by Crippen LogP contribution is -2.15. The number of nitrogens with one attached hydrogen (secondary N) is 2. The predicted octanol–water partition coefficient (Wildman–Crippen LogP) is 5.32. The van der Waals surface area contributed by atoms with E-state index < -0.39 is 0 Å². The van der Waals surface area contributed by atoms with Crippen LogP contribution in [0, 0.1) is 0 Å². The highest BCUT2D eigenvalue weighted by molar-refractivity contribution is 6.03. The third-order valence-electron chi connectivity index (χ3n) is 4.80. The highest BCUT2D eigenvalue weighted by atomic mass is 16.1. The van der Waals surface area contributed by atoms with Crippen molar-refractivity contribution < 1.29 is 4.79 Å². The van der Waals surface area contributed by atoms with Crippen LogP contribution < -0.4 is 10.6 Å². The van der Waals surface area contributed by atoms with Crippen LogP contribution in [0.3, 0.4) is 0 Å². The van der Waals surface area contributed by atoms with Gasteiger partial charge in [0.15, 0.2) is 0 Å². The molecule has 0 aliphatic rings. The van der Waals surface area contributed by atoms with E-state index in [-0.39, 0.29) is 17.0 Å². The second-order valence-corrected chi connectivity index (χ2v) is 8.08. The van der Waals surface area contributed by atoms with Crippen LogP contribution in [0.25, 0.3) is 10.9 Å². The second-order valence-electron chi connectivity index (χ2n) is 8.08. The number of nitrogens with zero attached hydrogens (tertiary/aromatic N) is 3. The molecular weight excluding hydrogens is 374 g/mol. The molecule has 6 nitrogen and oxygen atoms in total. The molecule has 2 aromatic heterocycles. The van der Waals surface area contributed by atoms with E-state index in [0.717, 1.165) is 22.3 Å². The van der Waals surface area contributed by atoms with Crippen molar-refractivity contribution in [2.75, 3.05) is 10.6 Å². The average molecular weight is 397 g/mol. The third kappa shape index (κ3) is 4.27. The zero-order valence-corrected chi connectivity index (χ0v) is 17.2. The van der Waals surface area contributed by atoms with Gasteiger partial charge in [0.1, 0.15) is 17.8 Å². The lowest BCUT2D eigenvalue weighted by atomic mass is 9.87. The van der Waals surface area contributed by atoms with Crippen LogP contribution in [-0.4, -0.2) is 20.9 Å². The molecule has 150 valence electrons. The Labute approximate surface area is 175 Å². The van der Waals surface area contributed by atoms with Crippen molar-refractivity contribution in [3.8, 4) is 0 Å². The Morgan fingerprint density at radius 2 is 1.67 bits per heavy atom. The van der Waals surface area contributed by atoms with Crippen molar-refractivity contribution in [2.45, 2.75) is 26.2 Å². The van der Waals surface area contributed by atoms with Crippen LogP contribution in [-0.2, 0) is 5.41 Å². The van der Waals surface area contributed by atoms with E-state index in [2.05, 4.69) is 46.4 Å². The summed E-state index contributed by atoms with van der Waals surface area (Å²) in [5.74, 6) is 0.233. The summed E-state index contributed by atoms with van der Waals surface area (Å²) in [6.07, 6.45) is 3.12. The highest BCUT2D eigenvalue weighted by Gasteiger charge is 2.14. The number of rotatable bonds is 4. The molecule has 0 bridgehead atoms. The van der Waals surface area contributed by atoms with Gasteiger partial charge in [0, 0.05) is 23.3 Å². The summed E-state index contributed by atoms with van der Waals surface area (Å²) < 4.78 is 0. The molecule has 0 saturated heterocycles. The summed E-state index contributed by atoms with van der Waals surface area (Å²) in [6.45, 7) is 6.46. The molecule has 4 rings (SSSR count). The van der Waals surface area contributed by atoms with Gasteiger partial charge < -0.3 is 10.6 Å². The number of para-hydroxylation sites is 1. The van der Waals surface area contributed by atoms with Gasteiger partial charge in [-0.3, -0.25) is 9.78 Å². The summed E-state index contributed by atoms with van der Waals surface area (Å²) in [7, 11) is 0. The molecule has 1 amide bonds. The van der Waals surface area contributed by atoms with Crippen molar-refractivity contribution >= 4 is 34.0 Å². The lowest BCUT2D eigenvalue weighted by Gasteiger charge is -2.19. The van der Waals surface area contributed by atoms with Crippen LogP contribution in [0.5, 0.6) is 0 Å². The van der Waals surface area contributed by atoms with Crippen molar-refractivity contribution in [1.29, 1.82) is 0 Å². The van der Waals surface area contributed by atoms with Gasteiger partial charge in [-0.25, -0.2) is 9.97 Å². The number of benzene rings is 2. The maximum atomic E-state index is 12.7. The summed E-state index contributed by atoms with van der Waals surface area (Å²) in [5.41, 5.74) is 3.92. The van der Waals surface area contributed by atoms with Gasteiger partial charge in [-0.1, -0.05) is 51.1 Å². The first-order valence-electron chi connectivity index (χ1n) is 9.75. The van der Waals surface area contributed by atoms with Crippen LogP contribution in [0.1, 0.15) is 36.8 Å². The summed E-state index contributed by atoms with van der Waals surface area (Å²) in [4.78, 5) is 25.5. The Morgan fingerprint density at radius 1 is 0.900 bits per heavy atom. The van der Waals surface area contributed by atoms with E-state index in [1.54, 1.807) is 12.3 Å². The van der Waals surface area contributed by atoms with Gasteiger partial charge in [-0.2, -0.15) is 0 Å². The lowest BCUT2D eigenvalue weighted by molar-refractivity contribution is 0.102. The molecule has 0 saturated carbocycles. The van der Waals surface area contributed by atoms with Crippen molar-refractivity contribution in [1.82, 2.24) is 15.0 Å². The molecule has 0 unspecified atom stereocenters. The minimum atomic E-state index is -0.292. The first-order chi connectivity index (χ1) is 14.4. The van der Waals surface area contributed by atoms with Crippen LogP contribution in [0.2, 0.25) is 0 Å². The molecule has 30 heavy (non-hydrogen) atoms. The van der Waals surface area contributed by atoms with Crippen molar-refractivity contribution in [3.05, 3.63) is 84.4 Å². The topological polar surface area (TPSA) is 79.8 Å². The fourth-order valence-corrected chi connectivity index (χ4v) is 3.14. The van der Waals surface area contributed by atoms with Crippen LogP contribution >= 0.6 is 0 Å². The Morgan fingerprint density at radius 3 is 2.43 bits per heavy atom. The number of hydrogen-bond acceptors (Lipinski definition) is 5. The standard InChI is InChI=1S/C24H23N5O/c1-24(2,3)17-9-11-18(12-10-17)28-23(30)20-14-21(27-15-26-20)29-19-8-4-6-16-7-5-13-25-22(16)19/h4-15H,1-3H3,(H,28,30)(H,26,27,29). The van der Waals surface area contributed by atoms with Gasteiger partial charge in [-0.05, 0) is 35.2 Å². The Bertz CT molecular complexity index is 1190. The van der Waals surface area contributed by atoms with E-state index in [0.29, 0.717) is 5.82 Å². The SMILES string of the molecule is CC(C)(C)c1ccc(NC(=O)c2cc(Nc3cccc4cccnc34)ncn2)cc1. The molecule has 0 aliphatic heterocycles. The fraction of sp³-hybridized carbons (Fsp3) is 0.167. The zero-order chi connectivity index (χ0) is 21.1. The van der Waals surface area contributed by atoms with E-state index >= 15 is 0 Å². The van der Waals surface area contributed by atoms with Gasteiger partial charge in [0.25, 0.3) is 5.91 Å². The Balaban J connectivity index is 1.52. The normalized spacial score (nSPS) is 11.3. The predicted molar refractivity (Wildman–Crippen MR) is 120 cm³/mol. The van der Waals surface area contributed by atoms with E-state index in [9.17, 15) is 4.79 Å². The smallest absolute Gasteiger partial charge is 0.274 e. The number of fused-ring (bicyclic) bond motifs is 1. The zero-order valence-electron chi connectivity index (χ0n) is 17.2. The molecule has 0 radical (unpaired) electrons. The van der Waals surface area contributed by atoms with Gasteiger partial charge in [-0.15, -0.1) is 0 Å². The largest absolute Gasteiger partial charge is 0.338 e. The van der Waals surface area contributed by atoms with Crippen LogP contribution in [0.4, 0.5) is 17.2 Å². The van der Waals surface area contributed by atoms with E-state index in [1.807, 2.05) is 54.6 Å². The summed E-state index contributed by atoms with van der Waals surface area (Å²) in [5, 5.41) is 7.15. The molecule has 0 atom stereocenters. The van der Waals surface area contributed by atoms with Gasteiger partial charge in [0.2, 0.25) is 0 Å². The fourth-order valence-electron chi connectivity index (χ4n) is 3.14. The molecule has 0 spiro atoms. The van der Waals surface area contributed by atoms with Crippen molar-refractivity contribution in [2.24, 2.45) is 0 Å². The van der Waals surface area contributed by atoms with E-state index in [1.165, 1.54) is 11.9 Å². The molecule has 2 N–H and O–H groups in total. The minimum Gasteiger partial charge on any atom is -0.338 e. The van der Waals surface area contributed by atoms with Gasteiger partial charge >= 0.3 is 0 Å². The number of carbonyl (C=O) groups is 1. The number of carbonyl (C=O) groups excluding carboxylic acids is 1. The number of anilines is 3. The third-order valence-corrected chi connectivity index (χ3v) is 4.80. The number of hydrogen-bond donors (Lipinski definition) is 2. The Kier molecular flexibility index (Phi) is 5.14. The molecule has 6 heteroatoms. The highest BCUT2D eigenvalue weighted by Crippen LogP contribution is 2.25. The minimum absolute atomic E-state index is 0.0617. The molecule has 0 aliphatic carbocycles. The average Bonchev–Trinajstić information content (AvgIpc) is 2.74. The monoisotopic (exact) mass is 397 g/mol. The molecule has 0 fully saturated rings. The van der Waals surface area contributed by atoms with Crippen LogP contribution in [0.15, 0.2) is 73.2 Å². The molecule has 2 heterocycles. The van der Waals surface area contributed by atoms with Crippen molar-refractivity contribution in [3.63, 3.8) is 0 Å². The quantitative estimate of drug-likeness (QED) is 0.487. The van der Waals surface area contributed by atoms with E-state index in [4.69, 9.17) is 0 Å². The summed E-state index contributed by atoms with van der Waals surface area (Å²) in [6, 6.07) is 19.2. The number of pyridine rings is 1. The number of aromatic nitrogens is 3. The molecule has 4 aromatic rings. The Hall–Kier alpha value is -3.80. The first kappa shape index (κ1) is 19.5. The van der Waals surface area contributed by atoms with Gasteiger partial charge in [0.05, 0.1) is 11.2 Å². The maximum Gasteiger partial charge on any atom is 0.274 e. The maximum absolute atomic E-state index is 12.7. The number of amides is 1. The summed E-state index contributed by atoms with van der Waals surface area (Å²) >= 11 is 0. The first-order valence-corrected chi connectivity index (χ1v) is 9.75. The molecular formula is C24H23N5O. The molecule has 2 aromatic carbocycles. The second kappa shape index (κ2) is 7.91.